The van der Waals surface area contributed by atoms with Gasteiger partial charge in [0.2, 0.25) is 12.1 Å². The summed E-state index contributed by atoms with van der Waals surface area (Å²) in [6.07, 6.45) is 0.159. The number of esters is 1. The van der Waals surface area contributed by atoms with Gasteiger partial charge in [-0.3, -0.25) is 10.2 Å². The first-order valence-electron chi connectivity index (χ1n) is 14.0. The molecule has 1 aromatic heterocycles. The summed E-state index contributed by atoms with van der Waals surface area (Å²) in [4.78, 5) is 37.5. The number of rotatable bonds is 12. The lowest BCUT2D eigenvalue weighted by Crippen LogP contribution is -2.48. The number of hydrogen-bond donors (Lipinski definition) is 2. The van der Waals surface area contributed by atoms with E-state index in [-0.39, 0.29) is 24.3 Å². The van der Waals surface area contributed by atoms with Gasteiger partial charge in [-0.05, 0) is 60.2 Å². The van der Waals surface area contributed by atoms with Crippen molar-refractivity contribution in [3.05, 3.63) is 70.7 Å². The predicted octanol–water partition coefficient (Wildman–Crippen LogP) is 5.03. The van der Waals surface area contributed by atoms with Crippen molar-refractivity contribution in [1.82, 2.24) is 15.6 Å². The number of nitrogens with zero attached hydrogens (tertiary/aromatic N) is 2. The molecule has 236 valence electrons. The van der Waals surface area contributed by atoms with Gasteiger partial charge in [0.1, 0.15) is 11.9 Å². The number of benzene rings is 2. The van der Waals surface area contributed by atoms with Gasteiger partial charge in [0, 0.05) is 24.1 Å². The summed E-state index contributed by atoms with van der Waals surface area (Å²) in [7, 11) is 1.35. The zero-order valence-corrected chi connectivity index (χ0v) is 24.9. The molecule has 1 amide bonds. The number of amides is 1. The molecule has 44 heavy (non-hydrogen) atoms. The van der Waals surface area contributed by atoms with Crippen LogP contribution in [0.2, 0.25) is 5.02 Å². The fraction of sp³-hybridized carbons (Fsp3) is 0.400. The Bertz CT molecular complexity index is 1430. The Labute approximate surface area is 257 Å². The molecule has 12 nitrogen and oxygen atoms in total. The van der Waals surface area contributed by atoms with Crippen LogP contribution in [0.1, 0.15) is 55.1 Å². The number of carbonyl (C=O) groups is 3. The van der Waals surface area contributed by atoms with Gasteiger partial charge in [-0.1, -0.05) is 42.3 Å². The van der Waals surface area contributed by atoms with Crippen LogP contribution in [0.4, 0.5) is 9.18 Å². The molecule has 4 rings (SSSR count). The Morgan fingerprint density at radius 1 is 1.11 bits per heavy atom. The second kappa shape index (κ2) is 15.5. The first kappa shape index (κ1) is 32.7. The topological polar surface area (TPSA) is 150 Å². The van der Waals surface area contributed by atoms with Crippen LogP contribution in [-0.4, -0.2) is 65.5 Å². The second-order valence-corrected chi connectivity index (χ2v) is 10.6. The number of hydrazine groups is 1. The highest BCUT2D eigenvalue weighted by Gasteiger charge is 2.27. The molecule has 0 spiro atoms. The third kappa shape index (κ3) is 9.40. The van der Waals surface area contributed by atoms with Crippen molar-refractivity contribution >= 4 is 29.6 Å². The minimum Gasteiger partial charge on any atom is -0.479 e. The zero-order chi connectivity index (χ0) is 31.6. The van der Waals surface area contributed by atoms with Crippen LogP contribution in [-0.2, 0) is 25.5 Å². The average Bonchev–Trinajstić information content (AvgIpc) is 3.49. The Morgan fingerprint density at radius 2 is 1.84 bits per heavy atom. The molecule has 0 saturated heterocycles. The summed E-state index contributed by atoms with van der Waals surface area (Å²) in [6.45, 7) is 0.882. The van der Waals surface area contributed by atoms with Crippen molar-refractivity contribution in [1.29, 1.82) is 0 Å². The normalized spacial score (nSPS) is 14.9. The number of methoxy groups -OCH3 is 1. The van der Waals surface area contributed by atoms with E-state index in [0.29, 0.717) is 21.7 Å². The van der Waals surface area contributed by atoms with Crippen molar-refractivity contribution in [2.45, 2.75) is 64.1 Å². The molecule has 14 heteroatoms. The number of hydrogen-bond acceptors (Lipinski definition) is 11. The Kier molecular flexibility index (Phi) is 11.5. The van der Waals surface area contributed by atoms with Gasteiger partial charge in [0.05, 0.1) is 19.7 Å². The monoisotopic (exact) mass is 633 g/mol. The maximum absolute atomic E-state index is 14.3. The van der Waals surface area contributed by atoms with E-state index in [1.54, 1.807) is 24.3 Å². The molecule has 1 aliphatic carbocycles. The van der Waals surface area contributed by atoms with Gasteiger partial charge < -0.3 is 28.6 Å². The number of aliphatic hydroxyl groups excluding tert-OH is 1. The van der Waals surface area contributed by atoms with Crippen LogP contribution in [0, 0.1) is 5.82 Å². The molecule has 0 aliphatic heterocycles. The minimum absolute atomic E-state index is 0.000567. The molecular formula is C30H33ClFN3O9. The van der Waals surface area contributed by atoms with E-state index >= 15 is 0 Å². The fourth-order valence-electron chi connectivity index (χ4n) is 4.57. The van der Waals surface area contributed by atoms with Crippen molar-refractivity contribution in [3.63, 3.8) is 0 Å². The van der Waals surface area contributed by atoms with E-state index in [0.717, 1.165) is 32.1 Å². The number of aromatic nitrogens is 1. The van der Waals surface area contributed by atoms with Crippen molar-refractivity contribution < 1.29 is 47.4 Å². The highest BCUT2D eigenvalue weighted by Crippen LogP contribution is 2.27. The zero-order valence-electron chi connectivity index (χ0n) is 24.2. The van der Waals surface area contributed by atoms with E-state index in [9.17, 15) is 23.9 Å². The molecule has 1 unspecified atom stereocenters. The molecular weight excluding hydrogens is 601 g/mol. The quantitative estimate of drug-likeness (QED) is 0.157. The summed E-state index contributed by atoms with van der Waals surface area (Å²) < 4.78 is 39.6. The van der Waals surface area contributed by atoms with Gasteiger partial charge in [0.15, 0.2) is 6.10 Å². The van der Waals surface area contributed by atoms with Gasteiger partial charge in [0.25, 0.3) is 5.88 Å². The van der Waals surface area contributed by atoms with Crippen LogP contribution >= 0.6 is 11.6 Å². The first-order valence-corrected chi connectivity index (χ1v) is 14.4. The van der Waals surface area contributed by atoms with Crippen LogP contribution in [0.3, 0.4) is 0 Å². The van der Waals surface area contributed by atoms with E-state index in [4.69, 9.17) is 35.1 Å². The highest BCUT2D eigenvalue weighted by molar-refractivity contribution is 6.30. The summed E-state index contributed by atoms with van der Waals surface area (Å²) in [6, 6.07) is 12.2. The lowest BCUT2D eigenvalue weighted by atomic mass is 9.98. The summed E-state index contributed by atoms with van der Waals surface area (Å²) in [5.41, 5.74) is 4.07. The molecule has 0 bridgehead atoms. The highest BCUT2D eigenvalue weighted by atomic mass is 35.5. The largest absolute Gasteiger partial charge is 0.511 e. The molecule has 2 aromatic carbocycles. The number of carbonyl (C=O) groups excluding carboxylic acids is 3. The fourth-order valence-corrected chi connectivity index (χ4v) is 4.74. The number of ether oxygens (including phenoxy) is 4. The Hall–Kier alpha value is -4.20. The lowest BCUT2D eigenvalue weighted by molar-refractivity contribution is -0.179. The maximum atomic E-state index is 14.3. The van der Waals surface area contributed by atoms with Crippen LogP contribution in [0.15, 0.2) is 53.1 Å². The molecule has 2 atom stereocenters. The van der Waals surface area contributed by atoms with Crippen LogP contribution < -0.4 is 10.2 Å². The number of nitrogens with one attached hydrogen (secondary N) is 1. The van der Waals surface area contributed by atoms with E-state index in [1.165, 1.54) is 43.3 Å². The Morgan fingerprint density at radius 3 is 2.52 bits per heavy atom. The molecule has 1 fully saturated rings. The van der Waals surface area contributed by atoms with Crippen LogP contribution in [0.5, 0.6) is 5.88 Å². The van der Waals surface area contributed by atoms with Gasteiger partial charge in [-0.15, -0.1) is 0 Å². The van der Waals surface area contributed by atoms with Crippen molar-refractivity contribution in [2.75, 3.05) is 13.7 Å². The third-order valence-corrected chi connectivity index (χ3v) is 7.01. The van der Waals surface area contributed by atoms with Gasteiger partial charge in [-0.2, -0.15) is 0 Å². The number of halogens is 2. The third-order valence-electron chi connectivity index (χ3n) is 6.77. The van der Waals surface area contributed by atoms with E-state index in [1.807, 2.05) is 0 Å². The lowest BCUT2D eigenvalue weighted by Gasteiger charge is -2.25. The predicted molar refractivity (Wildman–Crippen MR) is 154 cm³/mol. The molecule has 0 radical (unpaired) electrons. The summed E-state index contributed by atoms with van der Waals surface area (Å²) in [5.74, 6) is -2.39. The molecule has 2 N–H and O–H groups in total. The van der Waals surface area contributed by atoms with Crippen LogP contribution in [0.25, 0.3) is 11.1 Å². The second-order valence-electron chi connectivity index (χ2n) is 10.1. The SMILES string of the molecule is COc1cc(C(=O)NN(Cc2ccc(-c3cc(Cl)ccc3F)cc2)C[C@@H](O)C(=O)OC(C)OC(=O)OC2CCCCC2)on1. The van der Waals surface area contributed by atoms with E-state index in [2.05, 4.69) is 10.6 Å². The molecule has 1 heterocycles. The van der Waals surface area contributed by atoms with Crippen molar-refractivity contribution in [3.8, 4) is 17.0 Å². The molecule has 1 aliphatic rings. The Balaban J connectivity index is 1.40. The standard InChI is InChI=1S/C30H33ClFN3O9/c1-18(42-30(39)43-22-6-4-3-5-7-22)41-29(38)25(36)17-35(33-28(37)26-15-27(40-2)34-44-26)16-19-8-10-20(11-9-19)23-14-21(31)12-13-24(23)32/h8-15,18,22,25,36H,3-7,16-17H2,1-2H3,(H,33,37)/t18?,25-/m1/s1. The molecule has 3 aromatic rings. The number of aliphatic hydroxyl groups is 1. The van der Waals surface area contributed by atoms with Gasteiger partial charge >= 0.3 is 18.0 Å². The maximum Gasteiger partial charge on any atom is 0.511 e. The average molecular weight is 634 g/mol. The van der Waals surface area contributed by atoms with E-state index < -0.39 is 42.8 Å². The summed E-state index contributed by atoms with van der Waals surface area (Å²) >= 11 is 6.02. The minimum atomic E-state index is -1.76. The van der Waals surface area contributed by atoms with Crippen molar-refractivity contribution in [2.24, 2.45) is 0 Å². The smallest absolute Gasteiger partial charge is 0.479 e. The molecule has 1 saturated carbocycles. The first-order chi connectivity index (χ1) is 21.1. The summed E-state index contributed by atoms with van der Waals surface area (Å²) in [5, 5.41) is 15.9. The van der Waals surface area contributed by atoms with Gasteiger partial charge in [-0.25, -0.2) is 19.0 Å².